The average Bonchev–Trinajstić information content (AvgIpc) is 2.86. The highest BCUT2D eigenvalue weighted by Crippen LogP contribution is 2.43. The minimum absolute atomic E-state index is 0.583. The summed E-state index contributed by atoms with van der Waals surface area (Å²) in [5, 5.41) is 0. The minimum Gasteiger partial charge on any atom is -0.331 e. The van der Waals surface area contributed by atoms with Crippen molar-refractivity contribution in [2.75, 3.05) is 0 Å². The number of nitrogens with two attached hydrogens (primary N) is 1. The van der Waals surface area contributed by atoms with E-state index < -0.39 is 0 Å². The van der Waals surface area contributed by atoms with Crippen molar-refractivity contribution < 1.29 is 0 Å². The van der Waals surface area contributed by atoms with Crippen molar-refractivity contribution in [1.29, 1.82) is 0 Å². The lowest BCUT2D eigenvalue weighted by Gasteiger charge is -2.28. The zero-order valence-corrected chi connectivity index (χ0v) is 8.45. The summed E-state index contributed by atoms with van der Waals surface area (Å²) in [6.45, 7) is 0.583. The van der Waals surface area contributed by atoms with Crippen molar-refractivity contribution in [3.63, 3.8) is 0 Å². The Labute approximate surface area is 84.3 Å². The first-order chi connectivity index (χ1) is 6.88. The lowest BCUT2D eigenvalue weighted by atomic mass is 9.93. The number of hydrogen-bond acceptors (Lipinski definition) is 2. The van der Waals surface area contributed by atoms with Gasteiger partial charge in [0.1, 0.15) is 5.82 Å². The molecule has 14 heavy (non-hydrogen) atoms. The van der Waals surface area contributed by atoms with E-state index in [1.165, 1.54) is 37.9 Å². The van der Waals surface area contributed by atoms with Crippen molar-refractivity contribution in [1.82, 2.24) is 9.55 Å². The average molecular weight is 191 g/mol. The van der Waals surface area contributed by atoms with Gasteiger partial charge in [-0.2, -0.15) is 0 Å². The summed E-state index contributed by atoms with van der Waals surface area (Å²) in [5.74, 6) is 2.06. The molecule has 1 aromatic rings. The van der Waals surface area contributed by atoms with Gasteiger partial charge in [0.2, 0.25) is 0 Å². The van der Waals surface area contributed by atoms with Gasteiger partial charge in [0.05, 0.1) is 5.69 Å². The first-order valence-electron chi connectivity index (χ1n) is 5.66. The molecule has 0 saturated heterocycles. The van der Waals surface area contributed by atoms with Crippen LogP contribution in [0.1, 0.15) is 55.6 Å². The zero-order valence-electron chi connectivity index (χ0n) is 8.45. The smallest absolute Gasteiger partial charge is 0.112 e. The molecule has 3 nitrogen and oxygen atoms in total. The molecule has 0 bridgehead atoms. The van der Waals surface area contributed by atoms with Crippen LogP contribution in [0.5, 0.6) is 0 Å². The molecule has 0 aromatic carbocycles. The molecule has 3 rings (SSSR count). The van der Waals surface area contributed by atoms with Gasteiger partial charge in [-0.3, -0.25) is 0 Å². The van der Waals surface area contributed by atoms with Crippen LogP contribution in [0.3, 0.4) is 0 Å². The second-order valence-electron chi connectivity index (χ2n) is 4.56. The molecular formula is C11H17N3. The third-order valence-electron chi connectivity index (χ3n) is 3.43. The van der Waals surface area contributed by atoms with Crippen LogP contribution < -0.4 is 5.73 Å². The summed E-state index contributed by atoms with van der Waals surface area (Å²) in [6.07, 6.45) is 8.88. The second-order valence-corrected chi connectivity index (χ2v) is 4.56. The Morgan fingerprint density at radius 2 is 2.14 bits per heavy atom. The highest BCUT2D eigenvalue weighted by Gasteiger charge is 2.32. The zero-order chi connectivity index (χ0) is 9.54. The van der Waals surface area contributed by atoms with Crippen molar-refractivity contribution in [2.24, 2.45) is 5.73 Å². The van der Waals surface area contributed by atoms with Crippen molar-refractivity contribution in [3.05, 3.63) is 17.7 Å². The van der Waals surface area contributed by atoms with E-state index in [1.807, 2.05) is 0 Å². The molecule has 3 heteroatoms. The lowest BCUT2D eigenvalue weighted by Crippen LogP contribution is -2.18. The third kappa shape index (κ3) is 1.27. The maximum atomic E-state index is 5.64. The van der Waals surface area contributed by atoms with Gasteiger partial charge in [0, 0.05) is 24.7 Å². The summed E-state index contributed by atoms with van der Waals surface area (Å²) in [5.41, 5.74) is 6.70. The molecule has 2 saturated carbocycles. The number of nitrogens with zero attached hydrogens (tertiary/aromatic N) is 2. The predicted octanol–water partition coefficient (Wildman–Crippen LogP) is 1.94. The maximum Gasteiger partial charge on any atom is 0.112 e. The molecule has 0 atom stereocenters. The fourth-order valence-electron chi connectivity index (χ4n) is 2.16. The van der Waals surface area contributed by atoms with E-state index in [9.17, 15) is 0 Å². The maximum absolute atomic E-state index is 5.64. The summed E-state index contributed by atoms with van der Waals surface area (Å²) in [6, 6.07) is 0.735. The van der Waals surface area contributed by atoms with Gasteiger partial charge < -0.3 is 10.3 Å². The molecule has 76 valence electrons. The molecule has 2 N–H and O–H groups in total. The van der Waals surface area contributed by atoms with Gasteiger partial charge in [0.15, 0.2) is 0 Å². The normalized spacial score (nSPS) is 22.4. The summed E-state index contributed by atoms with van der Waals surface area (Å²) >= 11 is 0. The second kappa shape index (κ2) is 3.09. The van der Waals surface area contributed by atoms with Crippen LogP contribution in [-0.4, -0.2) is 9.55 Å². The molecule has 0 amide bonds. The summed E-state index contributed by atoms with van der Waals surface area (Å²) in [7, 11) is 0. The number of aromatic nitrogens is 2. The van der Waals surface area contributed by atoms with E-state index in [2.05, 4.69) is 15.7 Å². The van der Waals surface area contributed by atoms with Crippen LogP contribution in [-0.2, 0) is 6.54 Å². The first-order valence-corrected chi connectivity index (χ1v) is 5.66. The largest absolute Gasteiger partial charge is 0.331 e. The van der Waals surface area contributed by atoms with Crippen LogP contribution in [0.25, 0.3) is 0 Å². The van der Waals surface area contributed by atoms with Gasteiger partial charge in [-0.25, -0.2) is 4.98 Å². The molecule has 2 aliphatic rings. The van der Waals surface area contributed by atoms with E-state index in [1.54, 1.807) is 0 Å². The Morgan fingerprint density at radius 1 is 1.36 bits per heavy atom. The van der Waals surface area contributed by atoms with E-state index in [4.69, 9.17) is 5.73 Å². The van der Waals surface area contributed by atoms with Gasteiger partial charge in [-0.1, -0.05) is 0 Å². The fourth-order valence-corrected chi connectivity index (χ4v) is 2.16. The van der Waals surface area contributed by atoms with E-state index >= 15 is 0 Å². The van der Waals surface area contributed by atoms with Gasteiger partial charge in [-0.05, 0) is 32.1 Å². The molecule has 0 aliphatic heterocycles. The molecule has 1 heterocycles. The number of imidazole rings is 1. The van der Waals surface area contributed by atoms with Crippen molar-refractivity contribution >= 4 is 0 Å². The summed E-state index contributed by atoms with van der Waals surface area (Å²) in [4.78, 5) is 4.63. The Balaban J connectivity index is 1.93. The Kier molecular flexibility index (Phi) is 1.87. The van der Waals surface area contributed by atoms with E-state index in [0.717, 1.165) is 17.7 Å². The first kappa shape index (κ1) is 8.48. The number of rotatable bonds is 3. The van der Waals surface area contributed by atoms with Crippen LogP contribution >= 0.6 is 0 Å². The number of hydrogen-bond donors (Lipinski definition) is 1. The van der Waals surface area contributed by atoms with Crippen LogP contribution in [0, 0.1) is 0 Å². The van der Waals surface area contributed by atoms with Crippen molar-refractivity contribution in [2.45, 2.75) is 50.6 Å². The predicted molar refractivity (Wildman–Crippen MR) is 55.0 cm³/mol. The van der Waals surface area contributed by atoms with E-state index in [-0.39, 0.29) is 0 Å². The monoisotopic (exact) mass is 191 g/mol. The van der Waals surface area contributed by atoms with Crippen LogP contribution in [0.4, 0.5) is 0 Å². The topological polar surface area (TPSA) is 43.8 Å². The van der Waals surface area contributed by atoms with Crippen molar-refractivity contribution in [3.8, 4) is 0 Å². The Hall–Kier alpha value is -0.830. The van der Waals surface area contributed by atoms with Crippen LogP contribution in [0.15, 0.2) is 6.20 Å². The van der Waals surface area contributed by atoms with Gasteiger partial charge in [0.25, 0.3) is 0 Å². The highest BCUT2D eigenvalue weighted by atomic mass is 15.1. The third-order valence-corrected chi connectivity index (χ3v) is 3.43. The minimum atomic E-state index is 0.583. The quantitative estimate of drug-likeness (QED) is 0.793. The Morgan fingerprint density at radius 3 is 2.64 bits per heavy atom. The fraction of sp³-hybridized carbons (Fsp3) is 0.727. The molecule has 0 radical (unpaired) electrons. The molecular weight excluding hydrogens is 174 g/mol. The molecule has 0 unspecified atom stereocenters. The SMILES string of the molecule is NCc1cn(C2CCC2)c(C2CC2)n1. The molecule has 2 fully saturated rings. The lowest BCUT2D eigenvalue weighted by molar-refractivity contribution is 0.306. The van der Waals surface area contributed by atoms with Crippen LogP contribution in [0.2, 0.25) is 0 Å². The van der Waals surface area contributed by atoms with Gasteiger partial charge in [-0.15, -0.1) is 0 Å². The Bertz CT molecular complexity index is 334. The van der Waals surface area contributed by atoms with E-state index in [0.29, 0.717) is 6.54 Å². The van der Waals surface area contributed by atoms with Gasteiger partial charge >= 0.3 is 0 Å². The standard InChI is InChI=1S/C11H17N3/c12-6-9-7-14(10-2-1-3-10)11(13-9)8-4-5-8/h7-8,10H,1-6,12H2. The molecule has 0 spiro atoms. The molecule has 1 aromatic heterocycles. The molecule has 2 aliphatic carbocycles. The summed E-state index contributed by atoms with van der Waals surface area (Å²) < 4.78 is 2.41. The highest BCUT2D eigenvalue weighted by molar-refractivity contribution is 5.14.